The van der Waals surface area contributed by atoms with Gasteiger partial charge in [-0.05, 0) is 49.2 Å². The number of fused-ring (bicyclic) bond motifs is 1. The highest BCUT2D eigenvalue weighted by atomic mass is 19.4. The fourth-order valence-electron chi connectivity index (χ4n) is 3.37. The number of hydrogen-bond donors (Lipinski definition) is 0. The number of alkyl halides is 3. The first-order valence-corrected chi connectivity index (χ1v) is 8.83. The molecule has 0 bridgehead atoms. The van der Waals surface area contributed by atoms with E-state index in [9.17, 15) is 22.8 Å². The standard InChI is InChI=1S/C20H16F3N3O2/c21-20(22,23)14-4-3-5-15(11-14)26-12-24-17-10-13(6-7-16(17)19(26)28)18(27)25-8-1-2-9-25/h3-7,10-12H,1-2,8-9H2. The zero-order valence-electron chi connectivity index (χ0n) is 14.7. The van der Waals surface area contributed by atoms with Crippen molar-refractivity contribution >= 4 is 16.8 Å². The van der Waals surface area contributed by atoms with Gasteiger partial charge in [-0.1, -0.05) is 6.07 Å². The molecule has 2 heterocycles. The normalized spacial score (nSPS) is 14.6. The molecular weight excluding hydrogens is 371 g/mol. The summed E-state index contributed by atoms with van der Waals surface area (Å²) in [5.41, 5.74) is -0.490. The summed E-state index contributed by atoms with van der Waals surface area (Å²) < 4.78 is 39.9. The third kappa shape index (κ3) is 3.26. The number of carbonyl (C=O) groups is 1. The van der Waals surface area contributed by atoms with Crippen LogP contribution in [0.5, 0.6) is 0 Å². The van der Waals surface area contributed by atoms with Crippen LogP contribution in [0.1, 0.15) is 28.8 Å². The van der Waals surface area contributed by atoms with Crippen LogP contribution in [-0.4, -0.2) is 33.4 Å². The fourth-order valence-corrected chi connectivity index (χ4v) is 3.37. The van der Waals surface area contributed by atoms with Crippen LogP contribution >= 0.6 is 0 Å². The van der Waals surface area contributed by atoms with Crippen molar-refractivity contribution in [3.8, 4) is 5.69 Å². The molecule has 28 heavy (non-hydrogen) atoms. The van der Waals surface area contributed by atoms with Crippen molar-refractivity contribution in [2.75, 3.05) is 13.1 Å². The average molecular weight is 387 g/mol. The number of amides is 1. The Bertz CT molecular complexity index is 1120. The van der Waals surface area contributed by atoms with Crippen LogP contribution in [0.2, 0.25) is 0 Å². The molecule has 1 saturated heterocycles. The Kier molecular flexibility index (Phi) is 4.41. The zero-order valence-corrected chi connectivity index (χ0v) is 14.7. The summed E-state index contributed by atoms with van der Waals surface area (Å²) in [7, 11) is 0. The van der Waals surface area contributed by atoms with E-state index >= 15 is 0 Å². The third-order valence-corrected chi connectivity index (χ3v) is 4.85. The van der Waals surface area contributed by atoms with Gasteiger partial charge in [0, 0.05) is 18.7 Å². The van der Waals surface area contributed by atoms with Gasteiger partial charge in [0.05, 0.1) is 22.2 Å². The second-order valence-corrected chi connectivity index (χ2v) is 6.70. The molecule has 1 fully saturated rings. The van der Waals surface area contributed by atoms with Crippen LogP contribution in [0.4, 0.5) is 13.2 Å². The Balaban J connectivity index is 1.75. The Hall–Kier alpha value is -3.16. The number of benzene rings is 2. The average Bonchev–Trinajstić information content (AvgIpc) is 3.21. The van der Waals surface area contributed by atoms with E-state index in [1.54, 1.807) is 17.0 Å². The number of likely N-dealkylation sites (tertiary alicyclic amines) is 1. The molecule has 144 valence electrons. The summed E-state index contributed by atoms with van der Waals surface area (Å²) in [4.78, 5) is 31.2. The first-order chi connectivity index (χ1) is 13.3. The van der Waals surface area contributed by atoms with Crippen LogP contribution < -0.4 is 5.56 Å². The lowest BCUT2D eigenvalue weighted by Gasteiger charge is -2.15. The second kappa shape index (κ2) is 6.78. The van der Waals surface area contributed by atoms with Crippen molar-refractivity contribution in [1.29, 1.82) is 0 Å². The van der Waals surface area contributed by atoms with Gasteiger partial charge >= 0.3 is 6.18 Å². The summed E-state index contributed by atoms with van der Waals surface area (Å²) in [6.07, 6.45) is -1.38. The molecular formula is C20H16F3N3O2. The molecule has 5 nitrogen and oxygen atoms in total. The maximum Gasteiger partial charge on any atom is 0.416 e. The van der Waals surface area contributed by atoms with E-state index in [2.05, 4.69) is 4.98 Å². The Morgan fingerprint density at radius 1 is 1.04 bits per heavy atom. The molecule has 0 saturated carbocycles. The molecule has 1 amide bonds. The SMILES string of the molecule is O=C(c1ccc2c(=O)n(-c3cccc(C(F)(F)F)c3)cnc2c1)N1CCCC1. The number of carbonyl (C=O) groups excluding carboxylic acids is 1. The smallest absolute Gasteiger partial charge is 0.339 e. The topological polar surface area (TPSA) is 55.2 Å². The Labute approximate surface area is 158 Å². The molecule has 0 N–H and O–H groups in total. The van der Waals surface area contributed by atoms with Gasteiger partial charge < -0.3 is 4.90 Å². The van der Waals surface area contributed by atoms with E-state index in [0.717, 1.165) is 29.5 Å². The van der Waals surface area contributed by atoms with Gasteiger partial charge in [-0.25, -0.2) is 4.98 Å². The van der Waals surface area contributed by atoms with Crippen molar-refractivity contribution in [3.63, 3.8) is 0 Å². The van der Waals surface area contributed by atoms with Gasteiger partial charge in [0.25, 0.3) is 11.5 Å². The van der Waals surface area contributed by atoms with Crippen LogP contribution in [0.15, 0.2) is 53.6 Å². The third-order valence-electron chi connectivity index (χ3n) is 4.85. The van der Waals surface area contributed by atoms with Crippen LogP contribution in [0.25, 0.3) is 16.6 Å². The summed E-state index contributed by atoms with van der Waals surface area (Å²) in [6.45, 7) is 1.42. The molecule has 0 radical (unpaired) electrons. The maximum absolute atomic E-state index is 12.9. The van der Waals surface area contributed by atoms with E-state index in [-0.39, 0.29) is 17.0 Å². The molecule has 1 aliphatic rings. The fraction of sp³-hybridized carbons (Fsp3) is 0.250. The number of rotatable bonds is 2. The van der Waals surface area contributed by atoms with Crippen molar-refractivity contribution < 1.29 is 18.0 Å². The predicted molar refractivity (Wildman–Crippen MR) is 97.5 cm³/mol. The van der Waals surface area contributed by atoms with Gasteiger partial charge in [0.2, 0.25) is 0 Å². The highest BCUT2D eigenvalue weighted by molar-refractivity contribution is 5.97. The summed E-state index contributed by atoms with van der Waals surface area (Å²) >= 11 is 0. The van der Waals surface area contributed by atoms with E-state index in [0.29, 0.717) is 24.2 Å². The molecule has 8 heteroatoms. The molecule has 1 aliphatic heterocycles. The molecule has 3 aromatic rings. The highest BCUT2D eigenvalue weighted by Gasteiger charge is 2.30. The van der Waals surface area contributed by atoms with Gasteiger partial charge in [-0.15, -0.1) is 0 Å². The summed E-state index contributed by atoms with van der Waals surface area (Å²) in [6, 6.07) is 9.11. The van der Waals surface area contributed by atoms with Crippen molar-refractivity contribution in [1.82, 2.24) is 14.5 Å². The molecule has 0 atom stereocenters. The van der Waals surface area contributed by atoms with Crippen molar-refractivity contribution in [2.24, 2.45) is 0 Å². The van der Waals surface area contributed by atoms with E-state index in [1.165, 1.54) is 24.5 Å². The molecule has 0 aliphatic carbocycles. The summed E-state index contributed by atoms with van der Waals surface area (Å²) in [5, 5.41) is 0.234. The van der Waals surface area contributed by atoms with Gasteiger partial charge in [-0.2, -0.15) is 13.2 Å². The number of hydrogen-bond acceptors (Lipinski definition) is 3. The lowest BCUT2D eigenvalue weighted by Crippen LogP contribution is -2.27. The van der Waals surface area contributed by atoms with Crippen molar-refractivity contribution in [2.45, 2.75) is 19.0 Å². The number of halogens is 3. The molecule has 1 aromatic heterocycles. The van der Waals surface area contributed by atoms with Crippen LogP contribution in [0.3, 0.4) is 0 Å². The minimum atomic E-state index is -4.51. The first-order valence-electron chi connectivity index (χ1n) is 8.83. The predicted octanol–water partition coefficient (Wildman–Crippen LogP) is 3.64. The first kappa shape index (κ1) is 18.2. The monoisotopic (exact) mass is 387 g/mol. The zero-order chi connectivity index (χ0) is 19.9. The minimum Gasteiger partial charge on any atom is -0.339 e. The van der Waals surface area contributed by atoms with Gasteiger partial charge in [0.1, 0.15) is 6.33 Å². The van der Waals surface area contributed by atoms with Gasteiger partial charge in [-0.3, -0.25) is 14.2 Å². The van der Waals surface area contributed by atoms with E-state index in [1.807, 2.05) is 0 Å². The molecule has 0 spiro atoms. The largest absolute Gasteiger partial charge is 0.416 e. The lowest BCUT2D eigenvalue weighted by molar-refractivity contribution is -0.137. The van der Waals surface area contributed by atoms with Crippen LogP contribution in [-0.2, 0) is 6.18 Å². The number of aromatic nitrogens is 2. The highest BCUT2D eigenvalue weighted by Crippen LogP contribution is 2.30. The van der Waals surface area contributed by atoms with E-state index < -0.39 is 17.3 Å². The molecule has 4 rings (SSSR count). The van der Waals surface area contributed by atoms with Gasteiger partial charge in [0.15, 0.2) is 0 Å². The Morgan fingerprint density at radius 2 is 1.79 bits per heavy atom. The lowest BCUT2D eigenvalue weighted by atomic mass is 10.1. The number of nitrogens with zero attached hydrogens (tertiary/aromatic N) is 3. The summed E-state index contributed by atoms with van der Waals surface area (Å²) in [5.74, 6) is -0.108. The molecule has 2 aromatic carbocycles. The minimum absolute atomic E-state index is 0.0754. The quantitative estimate of drug-likeness (QED) is 0.675. The van der Waals surface area contributed by atoms with E-state index in [4.69, 9.17) is 0 Å². The second-order valence-electron chi connectivity index (χ2n) is 6.70. The maximum atomic E-state index is 12.9. The Morgan fingerprint density at radius 3 is 2.50 bits per heavy atom. The van der Waals surface area contributed by atoms with Crippen LogP contribution in [0, 0.1) is 0 Å². The molecule has 0 unspecified atom stereocenters. The van der Waals surface area contributed by atoms with Crippen molar-refractivity contribution in [3.05, 3.63) is 70.3 Å².